The van der Waals surface area contributed by atoms with Crippen LogP contribution < -0.4 is 16.0 Å². The third kappa shape index (κ3) is 6.90. The molecule has 178 valence electrons. The van der Waals surface area contributed by atoms with Gasteiger partial charge in [0.25, 0.3) is 0 Å². The van der Waals surface area contributed by atoms with Crippen molar-refractivity contribution in [1.82, 2.24) is 30.4 Å². The van der Waals surface area contributed by atoms with E-state index in [2.05, 4.69) is 60.8 Å². The Kier molecular flexibility index (Phi) is 8.78. The number of aryl methyl sites for hydroxylation is 1. The highest BCUT2D eigenvalue weighted by Gasteiger charge is 2.17. The predicted molar refractivity (Wildman–Crippen MR) is 136 cm³/mol. The van der Waals surface area contributed by atoms with E-state index in [1.54, 1.807) is 17.1 Å². The lowest BCUT2D eigenvalue weighted by Crippen LogP contribution is -2.27. The van der Waals surface area contributed by atoms with Crippen molar-refractivity contribution >= 4 is 23.6 Å². The maximum Gasteiger partial charge on any atom is 0.227 e. The molecule has 0 fully saturated rings. The van der Waals surface area contributed by atoms with E-state index in [0.717, 1.165) is 42.2 Å². The average Bonchev–Trinajstić information content (AvgIpc) is 3.12. The highest BCUT2D eigenvalue weighted by atomic mass is 16.1. The molecule has 0 saturated heterocycles. The van der Waals surface area contributed by atoms with Crippen LogP contribution in [0.1, 0.15) is 31.0 Å². The highest BCUT2D eigenvalue weighted by molar-refractivity contribution is 5.84. The fourth-order valence-electron chi connectivity index (χ4n) is 3.67. The fourth-order valence-corrected chi connectivity index (χ4v) is 3.67. The molecule has 1 aromatic carbocycles. The Hall–Kier alpha value is -3.69. The second kappa shape index (κ2) is 12.0. The van der Waals surface area contributed by atoms with Crippen molar-refractivity contribution in [3.8, 4) is 11.3 Å². The van der Waals surface area contributed by atoms with Gasteiger partial charge in [-0.05, 0) is 57.1 Å². The quantitative estimate of drug-likeness (QED) is 0.294. The summed E-state index contributed by atoms with van der Waals surface area (Å²) in [6.07, 6.45) is 7.08. The van der Waals surface area contributed by atoms with Gasteiger partial charge in [0.15, 0.2) is 6.29 Å². The number of rotatable bonds is 6. The van der Waals surface area contributed by atoms with Crippen molar-refractivity contribution in [2.24, 2.45) is 12.0 Å². The van der Waals surface area contributed by atoms with Gasteiger partial charge >= 0.3 is 0 Å². The van der Waals surface area contributed by atoms with Gasteiger partial charge in [-0.2, -0.15) is 5.10 Å². The molecule has 0 saturated carbocycles. The predicted octanol–water partition coefficient (Wildman–Crippen LogP) is 3.21. The summed E-state index contributed by atoms with van der Waals surface area (Å²) in [6.45, 7) is 8.93. The second-order valence-corrected chi connectivity index (χ2v) is 8.17. The maximum absolute atomic E-state index is 9.83. The van der Waals surface area contributed by atoms with Crippen LogP contribution in [0.25, 0.3) is 11.3 Å². The summed E-state index contributed by atoms with van der Waals surface area (Å²) in [7, 11) is 3.89. The molecule has 3 heterocycles. The zero-order chi connectivity index (χ0) is 24.5. The number of aliphatic imine (C=N–C) groups is 1. The number of aldehydes is 1. The number of allylic oxidation sites excluding steroid dienone is 1. The molecule has 0 spiro atoms. The van der Waals surface area contributed by atoms with Crippen molar-refractivity contribution < 1.29 is 4.79 Å². The number of nitrogens with one attached hydrogen (secondary N) is 3. The Labute approximate surface area is 200 Å². The third-order valence-corrected chi connectivity index (χ3v) is 5.20. The molecular weight excluding hydrogens is 428 g/mol. The van der Waals surface area contributed by atoms with Gasteiger partial charge in [-0.1, -0.05) is 18.7 Å². The standard InChI is InChI=1S/C19H23N7.C6H9NO/c1-20-18-11-21-7-5-13-9-14(3-4-16(13)18)17-6-8-22-19(25-17)24-15-10-23-26(2)12-15;1-5(2)7-6(3)4-8/h3-4,6,8-10,12,18,20-21H,5,7,11H2,1-2H3,(H,22,24,25);4H,3H2,1-2H3. The summed E-state index contributed by atoms with van der Waals surface area (Å²) in [4.78, 5) is 22.6. The lowest BCUT2D eigenvalue weighted by Gasteiger charge is -2.17. The molecule has 3 N–H and O–H groups in total. The number of benzene rings is 1. The summed E-state index contributed by atoms with van der Waals surface area (Å²) < 4.78 is 1.74. The van der Waals surface area contributed by atoms with Crippen LogP contribution >= 0.6 is 0 Å². The summed E-state index contributed by atoms with van der Waals surface area (Å²) in [5.74, 6) is 0.570. The normalized spacial score (nSPS) is 14.6. The molecule has 34 heavy (non-hydrogen) atoms. The van der Waals surface area contributed by atoms with Crippen LogP contribution in [0.4, 0.5) is 11.6 Å². The molecule has 1 aliphatic heterocycles. The summed E-state index contributed by atoms with van der Waals surface area (Å²) >= 11 is 0. The molecule has 1 aliphatic rings. The van der Waals surface area contributed by atoms with Crippen molar-refractivity contribution in [2.75, 3.05) is 25.5 Å². The zero-order valence-electron chi connectivity index (χ0n) is 20.2. The van der Waals surface area contributed by atoms with E-state index < -0.39 is 0 Å². The van der Waals surface area contributed by atoms with Gasteiger partial charge in [0, 0.05) is 43.3 Å². The number of fused-ring (bicyclic) bond motifs is 1. The summed E-state index contributed by atoms with van der Waals surface area (Å²) in [6, 6.07) is 8.90. The molecule has 9 nitrogen and oxygen atoms in total. The van der Waals surface area contributed by atoms with Crippen LogP contribution in [0.5, 0.6) is 0 Å². The Balaban J connectivity index is 0.000000350. The van der Waals surface area contributed by atoms with Gasteiger partial charge in [-0.3, -0.25) is 14.5 Å². The van der Waals surface area contributed by atoms with E-state index in [4.69, 9.17) is 0 Å². The van der Waals surface area contributed by atoms with Crippen molar-refractivity contribution in [2.45, 2.75) is 26.3 Å². The Morgan fingerprint density at radius 1 is 1.32 bits per heavy atom. The minimum Gasteiger partial charge on any atom is -0.321 e. The smallest absolute Gasteiger partial charge is 0.227 e. The van der Waals surface area contributed by atoms with Crippen LogP contribution in [0, 0.1) is 0 Å². The molecule has 0 radical (unpaired) electrons. The zero-order valence-corrected chi connectivity index (χ0v) is 20.2. The SMILES string of the molecule is C=C(C=O)N=C(C)C.CNC1CNCCc2cc(-c3ccnc(Nc4cnn(C)c4)n3)ccc21. The lowest BCUT2D eigenvalue weighted by atomic mass is 9.96. The van der Waals surface area contributed by atoms with Crippen LogP contribution in [0.15, 0.2) is 60.1 Å². The van der Waals surface area contributed by atoms with Gasteiger partial charge in [0.1, 0.15) is 0 Å². The van der Waals surface area contributed by atoms with Crippen LogP contribution in [-0.2, 0) is 18.3 Å². The van der Waals surface area contributed by atoms with Crippen LogP contribution in [-0.4, -0.2) is 51.9 Å². The van der Waals surface area contributed by atoms with Crippen molar-refractivity contribution in [3.63, 3.8) is 0 Å². The van der Waals surface area contributed by atoms with Crippen LogP contribution in [0.3, 0.4) is 0 Å². The highest BCUT2D eigenvalue weighted by Crippen LogP contribution is 2.27. The van der Waals surface area contributed by atoms with E-state index in [-0.39, 0.29) is 5.70 Å². The molecule has 9 heteroatoms. The number of aromatic nitrogens is 4. The number of carbonyl (C=O) groups is 1. The Morgan fingerprint density at radius 2 is 2.15 bits per heavy atom. The molecular formula is C25H32N8O. The average molecular weight is 461 g/mol. The minimum atomic E-state index is 0.282. The van der Waals surface area contributed by atoms with Crippen LogP contribution in [0.2, 0.25) is 0 Å². The van der Waals surface area contributed by atoms with Gasteiger partial charge in [-0.25, -0.2) is 9.97 Å². The van der Waals surface area contributed by atoms with Gasteiger partial charge in [-0.15, -0.1) is 0 Å². The monoisotopic (exact) mass is 460 g/mol. The van der Waals surface area contributed by atoms with E-state index in [1.807, 2.05) is 40.2 Å². The molecule has 1 atom stereocenters. The Bertz CT molecular complexity index is 1160. The van der Waals surface area contributed by atoms with Crippen molar-refractivity contribution in [3.05, 3.63) is 66.3 Å². The van der Waals surface area contributed by atoms with Crippen molar-refractivity contribution in [1.29, 1.82) is 0 Å². The number of likely N-dealkylation sites (N-methyl/N-ethyl adjacent to an activating group) is 1. The molecule has 0 amide bonds. The molecule has 0 aliphatic carbocycles. The number of carbonyl (C=O) groups excluding carboxylic acids is 1. The first-order valence-corrected chi connectivity index (χ1v) is 11.2. The molecule has 1 unspecified atom stereocenters. The van der Waals surface area contributed by atoms with Gasteiger partial charge in [0.2, 0.25) is 5.95 Å². The van der Waals surface area contributed by atoms with E-state index in [0.29, 0.717) is 18.3 Å². The second-order valence-electron chi connectivity index (χ2n) is 8.17. The Morgan fingerprint density at radius 3 is 2.79 bits per heavy atom. The number of nitrogens with zero attached hydrogens (tertiary/aromatic N) is 5. The van der Waals surface area contributed by atoms with Gasteiger partial charge < -0.3 is 16.0 Å². The fraction of sp³-hybridized carbons (Fsp3) is 0.320. The summed E-state index contributed by atoms with van der Waals surface area (Å²) in [5, 5.41) is 14.2. The first-order chi connectivity index (χ1) is 16.4. The van der Waals surface area contributed by atoms with E-state index >= 15 is 0 Å². The molecule has 3 aromatic rings. The van der Waals surface area contributed by atoms with E-state index in [9.17, 15) is 4.79 Å². The number of anilines is 2. The topological polar surface area (TPSA) is 109 Å². The first kappa shape index (κ1) is 24.9. The lowest BCUT2D eigenvalue weighted by molar-refractivity contribution is -0.104. The molecule has 0 bridgehead atoms. The van der Waals surface area contributed by atoms with Gasteiger partial charge in [0.05, 0.1) is 23.3 Å². The minimum absolute atomic E-state index is 0.282. The molecule has 4 rings (SSSR count). The maximum atomic E-state index is 9.83. The summed E-state index contributed by atoms with van der Waals surface area (Å²) in [5.41, 5.74) is 6.75. The number of hydrogen-bond donors (Lipinski definition) is 3. The number of hydrogen-bond acceptors (Lipinski definition) is 8. The largest absolute Gasteiger partial charge is 0.321 e. The third-order valence-electron chi connectivity index (χ3n) is 5.20. The first-order valence-electron chi connectivity index (χ1n) is 11.2. The molecule has 2 aromatic heterocycles. The van der Waals surface area contributed by atoms with E-state index in [1.165, 1.54) is 11.1 Å².